The molecule has 3 heteroatoms. The van der Waals surface area contributed by atoms with E-state index in [0.29, 0.717) is 6.42 Å². The lowest BCUT2D eigenvalue weighted by atomic mass is 10.1. The number of hydrogen-bond acceptors (Lipinski definition) is 3. The summed E-state index contributed by atoms with van der Waals surface area (Å²) in [7, 11) is 0. The normalized spacial score (nSPS) is 18.0. The highest BCUT2D eigenvalue weighted by Gasteiger charge is 2.10. The van der Waals surface area contributed by atoms with Crippen LogP contribution in [0.5, 0.6) is 0 Å². The molecule has 0 amide bonds. The van der Waals surface area contributed by atoms with E-state index in [9.17, 15) is 0 Å². The lowest BCUT2D eigenvalue weighted by molar-refractivity contribution is 0.0234. The Bertz CT molecular complexity index is 50.4. The molecule has 2 atom stereocenters. The van der Waals surface area contributed by atoms with Gasteiger partial charge in [-0.05, 0) is 6.42 Å². The summed E-state index contributed by atoms with van der Waals surface area (Å²) in [6, 6.07) is 0. The average molecular weight is 119 g/mol. The monoisotopic (exact) mass is 119 g/mol. The van der Waals surface area contributed by atoms with E-state index in [1.807, 2.05) is 0 Å². The molecule has 8 heavy (non-hydrogen) atoms. The predicted molar refractivity (Wildman–Crippen MR) is 31.4 cm³/mol. The Balaban J connectivity index is 3.29. The molecule has 0 aromatic rings. The Hall–Kier alpha value is -0.120. The molecule has 0 aliphatic rings. The Labute approximate surface area is 49.1 Å². The van der Waals surface area contributed by atoms with Crippen molar-refractivity contribution in [3.05, 3.63) is 0 Å². The Morgan fingerprint density at radius 1 is 1.38 bits per heavy atom. The van der Waals surface area contributed by atoms with Gasteiger partial charge in [0.05, 0.1) is 12.2 Å². The minimum absolute atomic E-state index is 0.134. The lowest BCUT2D eigenvalue weighted by Crippen LogP contribution is -2.32. The van der Waals surface area contributed by atoms with Crippen LogP contribution in [-0.2, 0) is 0 Å². The predicted octanol–water partition coefficient (Wildman–Crippen LogP) is -0.923. The molecule has 0 saturated heterocycles. The third kappa shape index (κ3) is 2.26. The Morgan fingerprint density at radius 2 is 1.88 bits per heavy atom. The fourth-order valence-corrected chi connectivity index (χ4v) is 0.429. The van der Waals surface area contributed by atoms with Crippen LogP contribution in [0.15, 0.2) is 0 Å². The topological polar surface area (TPSA) is 66.5 Å². The second-order valence-corrected chi connectivity index (χ2v) is 1.78. The molecule has 0 rings (SSSR count). The summed E-state index contributed by atoms with van der Waals surface area (Å²) in [4.78, 5) is 0. The maximum absolute atomic E-state index is 8.80. The SMILES string of the molecule is CC[C@@H](O)C(O)CN. The van der Waals surface area contributed by atoms with Crippen molar-refractivity contribution in [1.29, 1.82) is 0 Å². The molecule has 3 nitrogen and oxygen atoms in total. The van der Waals surface area contributed by atoms with Crippen molar-refractivity contribution in [2.24, 2.45) is 5.73 Å². The first kappa shape index (κ1) is 7.88. The van der Waals surface area contributed by atoms with Crippen LogP contribution in [0.25, 0.3) is 0 Å². The van der Waals surface area contributed by atoms with Crippen molar-refractivity contribution in [3.63, 3.8) is 0 Å². The molecule has 0 heterocycles. The van der Waals surface area contributed by atoms with Gasteiger partial charge >= 0.3 is 0 Å². The van der Waals surface area contributed by atoms with Crippen molar-refractivity contribution in [2.75, 3.05) is 6.54 Å². The van der Waals surface area contributed by atoms with E-state index in [1.54, 1.807) is 6.92 Å². The van der Waals surface area contributed by atoms with Crippen LogP contribution in [0.3, 0.4) is 0 Å². The number of hydrogen-bond donors (Lipinski definition) is 3. The number of nitrogens with two attached hydrogens (primary N) is 1. The zero-order valence-electron chi connectivity index (χ0n) is 5.04. The highest BCUT2D eigenvalue weighted by molar-refractivity contribution is 4.64. The summed E-state index contributed by atoms with van der Waals surface area (Å²) in [5, 5.41) is 17.5. The van der Waals surface area contributed by atoms with E-state index in [4.69, 9.17) is 15.9 Å². The van der Waals surface area contributed by atoms with Gasteiger partial charge < -0.3 is 15.9 Å². The third-order valence-corrected chi connectivity index (χ3v) is 1.10. The minimum atomic E-state index is -0.750. The standard InChI is InChI=1S/C5H13NO2/c1-2-4(7)5(8)3-6/h4-5,7-8H,2-3,6H2,1H3/t4-,5?/m1/s1. The minimum Gasteiger partial charge on any atom is -0.390 e. The van der Waals surface area contributed by atoms with Gasteiger partial charge in [0.2, 0.25) is 0 Å². The zero-order chi connectivity index (χ0) is 6.57. The van der Waals surface area contributed by atoms with Crippen LogP contribution < -0.4 is 5.73 Å². The summed E-state index contributed by atoms with van der Waals surface area (Å²) in [5.41, 5.74) is 5.04. The Kier molecular flexibility index (Phi) is 3.77. The molecule has 0 aromatic heterocycles. The van der Waals surface area contributed by atoms with Crippen LogP contribution in [0, 0.1) is 0 Å². The van der Waals surface area contributed by atoms with E-state index >= 15 is 0 Å². The molecule has 0 fully saturated rings. The first-order chi connectivity index (χ1) is 3.72. The molecule has 0 radical (unpaired) electrons. The molecule has 4 N–H and O–H groups in total. The quantitative estimate of drug-likeness (QED) is 0.450. The van der Waals surface area contributed by atoms with E-state index in [0.717, 1.165) is 0 Å². The fraction of sp³-hybridized carbons (Fsp3) is 1.00. The van der Waals surface area contributed by atoms with Crippen LogP contribution >= 0.6 is 0 Å². The van der Waals surface area contributed by atoms with Gasteiger partial charge in [0, 0.05) is 6.54 Å². The largest absolute Gasteiger partial charge is 0.390 e. The van der Waals surface area contributed by atoms with Crippen LogP contribution in [-0.4, -0.2) is 29.0 Å². The summed E-state index contributed by atoms with van der Waals surface area (Å²) < 4.78 is 0. The molecule has 0 aliphatic carbocycles. The maximum Gasteiger partial charge on any atom is 0.0920 e. The number of rotatable bonds is 3. The lowest BCUT2D eigenvalue weighted by Gasteiger charge is -2.12. The van der Waals surface area contributed by atoms with Gasteiger partial charge in [-0.1, -0.05) is 6.92 Å². The molecular weight excluding hydrogens is 106 g/mol. The Morgan fingerprint density at radius 3 is 2.00 bits per heavy atom. The molecule has 0 aromatic carbocycles. The number of aliphatic hydroxyl groups excluding tert-OH is 2. The van der Waals surface area contributed by atoms with E-state index in [1.165, 1.54) is 0 Å². The van der Waals surface area contributed by atoms with Crippen molar-refractivity contribution in [1.82, 2.24) is 0 Å². The van der Waals surface area contributed by atoms with Crippen LogP contribution in [0.1, 0.15) is 13.3 Å². The smallest absolute Gasteiger partial charge is 0.0920 e. The van der Waals surface area contributed by atoms with Gasteiger partial charge in [0.25, 0.3) is 0 Å². The van der Waals surface area contributed by atoms with Gasteiger partial charge in [-0.2, -0.15) is 0 Å². The first-order valence-corrected chi connectivity index (χ1v) is 2.78. The van der Waals surface area contributed by atoms with Gasteiger partial charge in [0.1, 0.15) is 0 Å². The molecule has 0 saturated carbocycles. The van der Waals surface area contributed by atoms with Crippen molar-refractivity contribution in [3.8, 4) is 0 Å². The first-order valence-electron chi connectivity index (χ1n) is 2.78. The second-order valence-electron chi connectivity index (χ2n) is 1.78. The van der Waals surface area contributed by atoms with Gasteiger partial charge in [-0.25, -0.2) is 0 Å². The molecule has 1 unspecified atom stereocenters. The van der Waals surface area contributed by atoms with Crippen molar-refractivity contribution >= 4 is 0 Å². The second kappa shape index (κ2) is 3.83. The fourth-order valence-electron chi connectivity index (χ4n) is 0.429. The number of aliphatic hydroxyl groups is 2. The molecule has 50 valence electrons. The van der Waals surface area contributed by atoms with Gasteiger partial charge in [-0.15, -0.1) is 0 Å². The third-order valence-electron chi connectivity index (χ3n) is 1.10. The van der Waals surface area contributed by atoms with E-state index < -0.39 is 12.2 Å². The summed E-state index contributed by atoms with van der Waals surface area (Å²) in [6.07, 6.45) is -0.849. The summed E-state index contributed by atoms with van der Waals surface area (Å²) >= 11 is 0. The van der Waals surface area contributed by atoms with E-state index in [2.05, 4.69) is 0 Å². The summed E-state index contributed by atoms with van der Waals surface area (Å²) in [6.45, 7) is 1.93. The van der Waals surface area contributed by atoms with Gasteiger partial charge in [-0.3, -0.25) is 0 Å². The zero-order valence-corrected chi connectivity index (χ0v) is 5.04. The molecule has 0 aliphatic heterocycles. The van der Waals surface area contributed by atoms with Crippen LogP contribution in [0.2, 0.25) is 0 Å². The summed E-state index contributed by atoms with van der Waals surface area (Å²) in [5.74, 6) is 0. The maximum atomic E-state index is 8.80. The van der Waals surface area contributed by atoms with Crippen LogP contribution in [0.4, 0.5) is 0 Å². The highest BCUT2D eigenvalue weighted by atomic mass is 16.3. The van der Waals surface area contributed by atoms with Gasteiger partial charge in [0.15, 0.2) is 0 Å². The average Bonchev–Trinajstić information content (AvgIpc) is 1.84. The highest BCUT2D eigenvalue weighted by Crippen LogP contribution is 1.94. The molecular formula is C5H13NO2. The van der Waals surface area contributed by atoms with E-state index in [-0.39, 0.29) is 6.54 Å². The molecule has 0 bridgehead atoms. The van der Waals surface area contributed by atoms with Crippen molar-refractivity contribution in [2.45, 2.75) is 25.6 Å². The van der Waals surface area contributed by atoms with Crippen molar-refractivity contribution < 1.29 is 10.2 Å². The molecule has 0 spiro atoms.